The van der Waals surface area contributed by atoms with E-state index in [1.165, 1.54) is 122 Å². The fraction of sp³-hybridized carbons (Fsp3) is 0.0500. The van der Waals surface area contributed by atoms with Gasteiger partial charge in [0.2, 0.25) is 0 Å². The van der Waals surface area contributed by atoms with Gasteiger partial charge in [-0.1, -0.05) is 206 Å². The summed E-state index contributed by atoms with van der Waals surface area (Å²) in [6, 6.07) is 90.8. The Kier molecular flexibility index (Phi) is 10.0. The normalized spacial score (nSPS) is 15.4. The zero-order valence-corrected chi connectivity index (χ0v) is 45.7. The zero-order chi connectivity index (χ0) is 55.1. The first-order valence-corrected chi connectivity index (χ1v) is 29.2. The molecule has 13 aromatic rings. The predicted molar refractivity (Wildman–Crippen MR) is 340 cm³/mol. The van der Waals surface area contributed by atoms with Gasteiger partial charge >= 0.3 is 0 Å². The third-order valence-corrected chi connectivity index (χ3v) is 19.1. The summed E-state index contributed by atoms with van der Waals surface area (Å²) in [5.41, 5.74) is 33.3. The van der Waals surface area contributed by atoms with Gasteiger partial charge in [-0.25, -0.2) is 9.97 Å². The first-order valence-electron chi connectivity index (χ1n) is 29.2. The Morgan fingerprint density at radius 2 is 0.655 bits per heavy atom. The van der Waals surface area contributed by atoms with Crippen LogP contribution in [-0.2, 0) is 10.8 Å². The first-order chi connectivity index (χ1) is 41.6. The summed E-state index contributed by atoms with van der Waals surface area (Å²) < 4.78 is 0. The minimum Gasteiger partial charge on any atom is -0.265 e. The van der Waals surface area contributed by atoms with Crippen molar-refractivity contribution in [1.82, 2.24) is 19.9 Å². The Balaban J connectivity index is 0.820. The number of rotatable bonds is 6. The molecule has 4 heteroatoms. The van der Waals surface area contributed by atoms with E-state index in [0.29, 0.717) is 0 Å². The van der Waals surface area contributed by atoms with Crippen LogP contribution < -0.4 is 0 Å². The molecule has 1 unspecified atom stereocenters. The predicted octanol–water partition coefficient (Wildman–Crippen LogP) is 18.9. The van der Waals surface area contributed by atoms with Crippen LogP contribution in [0.25, 0.3) is 106 Å². The van der Waals surface area contributed by atoms with E-state index in [0.717, 1.165) is 45.5 Å². The van der Waals surface area contributed by atoms with Crippen LogP contribution in [0.3, 0.4) is 0 Å². The molecule has 0 bridgehead atoms. The van der Waals surface area contributed by atoms with E-state index >= 15 is 0 Å². The molecule has 5 aliphatic carbocycles. The second kappa shape index (κ2) is 17.9. The van der Waals surface area contributed by atoms with Crippen LogP contribution in [0, 0.1) is 0 Å². The Morgan fingerprint density at radius 3 is 1.12 bits per heavy atom. The molecule has 4 nitrogen and oxygen atoms in total. The lowest BCUT2D eigenvalue weighted by Gasteiger charge is -2.31. The number of hydrogen-bond acceptors (Lipinski definition) is 4. The molecule has 0 saturated carbocycles. The highest BCUT2D eigenvalue weighted by Crippen LogP contribution is 2.66. The molecule has 0 saturated heterocycles. The third-order valence-electron chi connectivity index (χ3n) is 19.1. The van der Waals surface area contributed by atoms with Gasteiger partial charge < -0.3 is 0 Å². The molecule has 0 radical (unpaired) electrons. The summed E-state index contributed by atoms with van der Waals surface area (Å²) in [5.74, 6) is 0.239. The first kappa shape index (κ1) is 47.0. The van der Waals surface area contributed by atoms with E-state index in [9.17, 15) is 0 Å². The van der Waals surface area contributed by atoms with Crippen LogP contribution in [0.1, 0.15) is 68.0 Å². The maximum atomic E-state index is 5.69. The van der Waals surface area contributed by atoms with Crippen molar-refractivity contribution in [3.63, 3.8) is 0 Å². The minimum atomic E-state index is -0.593. The van der Waals surface area contributed by atoms with Crippen molar-refractivity contribution in [2.45, 2.75) is 23.2 Å². The molecular formula is C80H50N4. The number of pyridine rings is 2. The van der Waals surface area contributed by atoms with E-state index < -0.39 is 10.8 Å². The lowest BCUT2D eigenvalue weighted by molar-refractivity contribution is 0.784. The fourth-order valence-corrected chi connectivity index (χ4v) is 15.4. The van der Waals surface area contributed by atoms with Crippen LogP contribution in [0.2, 0.25) is 0 Å². The molecule has 0 N–H and O–H groups in total. The standard InChI is InChI=1S/C80H50N4/c1-5-15-67-59(11-1)60-12-2-6-16-68(60)79(67)71-45-55(51-25-21-49(22-26-51)53-37-41-81-42-38-53)29-33-63(71)65-35-31-57(47-73(65)79)77-78(84-76-20-10-9-19-75(76)83-77)58-32-36-66-64-34-30-56(52-27-23-50(24-28-52)54-39-43-82-44-40-54)46-72(64)80(74(66)48-58)69-17-7-3-13-61(69)62-14-4-8-18-70(62)80/h1-27,29-48,52H,28H2. The average Bonchev–Trinajstić information content (AvgIpc) is 1.57. The molecule has 390 valence electrons. The Morgan fingerprint density at radius 1 is 0.298 bits per heavy atom. The molecule has 2 spiro atoms. The van der Waals surface area contributed by atoms with Crippen LogP contribution in [-0.4, -0.2) is 19.9 Å². The van der Waals surface area contributed by atoms with Crippen LogP contribution in [0.5, 0.6) is 0 Å². The summed E-state index contributed by atoms with van der Waals surface area (Å²) in [4.78, 5) is 19.9. The van der Waals surface area contributed by atoms with Gasteiger partial charge in [0.05, 0.1) is 33.3 Å². The van der Waals surface area contributed by atoms with Gasteiger partial charge in [0, 0.05) is 41.8 Å². The highest BCUT2D eigenvalue weighted by atomic mass is 14.8. The van der Waals surface area contributed by atoms with E-state index in [1.54, 1.807) is 0 Å². The molecule has 1 atom stereocenters. The maximum Gasteiger partial charge on any atom is 0.0973 e. The second-order valence-corrected chi connectivity index (χ2v) is 23.1. The minimum absolute atomic E-state index is 0.239. The van der Waals surface area contributed by atoms with Gasteiger partial charge in [0.15, 0.2) is 0 Å². The molecule has 84 heavy (non-hydrogen) atoms. The summed E-state index contributed by atoms with van der Waals surface area (Å²) >= 11 is 0. The summed E-state index contributed by atoms with van der Waals surface area (Å²) in [7, 11) is 0. The average molecular weight is 1070 g/mol. The van der Waals surface area contributed by atoms with E-state index in [2.05, 4.69) is 271 Å². The van der Waals surface area contributed by atoms with Crippen molar-refractivity contribution in [2.24, 2.45) is 0 Å². The van der Waals surface area contributed by atoms with Crippen LogP contribution in [0.4, 0.5) is 0 Å². The number of benzene rings is 10. The van der Waals surface area contributed by atoms with E-state index in [1.807, 2.05) is 24.8 Å². The van der Waals surface area contributed by atoms with Crippen molar-refractivity contribution < 1.29 is 0 Å². The summed E-state index contributed by atoms with van der Waals surface area (Å²) in [5, 5.41) is 0. The van der Waals surface area contributed by atoms with Crippen LogP contribution in [0.15, 0.2) is 286 Å². The largest absolute Gasteiger partial charge is 0.265 e. The third kappa shape index (κ3) is 6.53. The second-order valence-electron chi connectivity index (χ2n) is 23.1. The van der Waals surface area contributed by atoms with Gasteiger partial charge in [-0.15, -0.1) is 0 Å². The molecule has 10 aromatic carbocycles. The zero-order valence-electron chi connectivity index (χ0n) is 45.7. The van der Waals surface area contributed by atoms with Gasteiger partial charge in [0.25, 0.3) is 0 Å². The summed E-state index contributed by atoms with van der Waals surface area (Å²) in [6.45, 7) is 0. The number of fused-ring (bicyclic) bond motifs is 21. The van der Waals surface area contributed by atoms with Gasteiger partial charge in [-0.2, -0.15) is 0 Å². The molecule has 18 rings (SSSR count). The van der Waals surface area contributed by atoms with Crippen molar-refractivity contribution in [2.75, 3.05) is 0 Å². The molecule has 0 aliphatic heterocycles. The topological polar surface area (TPSA) is 51.6 Å². The highest BCUT2D eigenvalue weighted by molar-refractivity contribution is 6.00. The molecule has 3 heterocycles. The van der Waals surface area contributed by atoms with Crippen molar-refractivity contribution in [3.05, 3.63) is 341 Å². The fourth-order valence-electron chi connectivity index (χ4n) is 15.4. The molecule has 0 fully saturated rings. The maximum absolute atomic E-state index is 5.69. The van der Waals surface area contributed by atoms with Gasteiger partial charge in [0.1, 0.15) is 0 Å². The van der Waals surface area contributed by atoms with Gasteiger partial charge in [-0.05, 0) is 189 Å². The van der Waals surface area contributed by atoms with Gasteiger partial charge in [-0.3, -0.25) is 9.97 Å². The van der Waals surface area contributed by atoms with Crippen molar-refractivity contribution in [1.29, 1.82) is 0 Å². The molecule has 0 amide bonds. The lowest BCUT2D eigenvalue weighted by atomic mass is 9.69. The molecule has 5 aliphatic rings. The molecule has 3 aromatic heterocycles. The van der Waals surface area contributed by atoms with E-state index in [-0.39, 0.29) is 5.92 Å². The summed E-state index contributed by atoms with van der Waals surface area (Å²) in [6.07, 6.45) is 15.5. The Labute approximate surface area is 487 Å². The van der Waals surface area contributed by atoms with Crippen molar-refractivity contribution >= 4 is 16.6 Å². The Bertz CT molecular complexity index is 4900. The quantitative estimate of drug-likeness (QED) is 0.167. The van der Waals surface area contributed by atoms with Crippen LogP contribution >= 0.6 is 0 Å². The SMILES string of the molecule is C1=CC(c2ccc3c(c2)C2(c4ccccc4-c4ccccc42)c2cc(-c4nc5ccccc5nc4-c4ccc5c(c4)C4(c6ccccc6-c6ccccc64)c4cc(-c6ccc(-c7ccncc7)cc6)ccc4-5)ccc2-3)CC=C1c1ccncc1. The number of nitrogens with zero attached hydrogens (tertiary/aromatic N) is 4. The van der Waals surface area contributed by atoms with E-state index in [4.69, 9.17) is 9.97 Å². The molecular weight excluding hydrogens is 1020 g/mol. The lowest BCUT2D eigenvalue weighted by Crippen LogP contribution is -2.26. The number of aromatic nitrogens is 4. The smallest absolute Gasteiger partial charge is 0.0973 e. The highest BCUT2D eigenvalue weighted by Gasteiger charge is 2.53. The monoisotopic (exact) mass is 1070 g/mol. The number of para-hydroxylation sites is 2. The number of allylic oxidation sites excluding steroid dienone is 4. The Hall–Kier alpha value is -10.7. The van der Waals surface area contributed by atoms with Crippen molar-refractivity contribution in [3.8, 4) is 89.3 Å². The number of hydrogen-bond donors (Lipinski definition) is 0.